The second-order valence-electron chi connectivity index (χ2n) is 6.04. The molecule has 1 aromatic carbocycles. The number of rotatable bonds is 5. The number of nitrogens with zero attached hydrogens (tertiary/aromatic N) is 1. The Morgan fingerprint density at radius 2 is 2.05 bits per heavy atom. The highest BCUT2D eigenvalue weighted by Gasteiger charge is 2.39. The van der Waals surface area contributed by atoms with Crippen LogP contribution in [-0.4, -0.2) is 18.1 Å². The van der Waals surface area contributed by atoms with Gasteiger partial charge in [0.05, 0.1) is 0 Å². The highest BCUT2D eigenvalue weighted by atomic mass is 16.3. The van der Waals surface area contributed by atoms with Crippen LogP contribution in [0.2, 0.25) is 0 Å². The summed E-state index contributed by atoms with van der Waals surface area (Å²) >= 11 is 0. The summed E-state index contributed by atoms with van der Waals surface area (Å²) in [4.78, 5) is 4.63. The van der Waals surface area contributed by atoms with Gasteiger partial charge in [0, 0.05) is 12.5 Å². The number of oxazole rings is 1. The highest BCUT2D eigenvalue weighted by molar-refractivity contribution is 5.72. The van der Waals surface area contributed by atoms with Crippen LogP contribution in [0.25, 0.3) is 11.1 Å². The zero-order valence-electron chi connectivity index (χ0n) is 12.5. The van der Waals surface area contributed by atoms with Gasteiger partial charge in [-0.25, -0.2) is 4.98 Å². The number of para-hydroxylation sites is 2. The quantitative estimate of drug-likeness (QED) is 0.896. The molecule has 1 unspecified atom stereocenters. The predicted octanol–water partition coefficient (Wildman–Crippen LogP) is 3.93. The SMILES string of the molecule is CCC1(C(Cc2nc3ccccc3o2)NC)CCCC1. The Morgan fingerprint density at radius 3 is 2.70 bits per heavy atom. The topological polar surface area (TPSA) is 38.1 Å². The van der Waals surface area contributed by atoms with Gasteiger partial charge < -0.3 is 9.73 Å². The first-order valence-corrected chi connectivity index (χ1v) is 7.79. The summed E-state index contributed by atoms with van der Waals surface area (Å²) in [6.07, 6.45) is 7.50. The zero-order chi connectivity index (χ0) is 14.0. The first-order chi connectivity index (χ1) is 9.77. The molecule has 0 bridgehead atoms. The second kappa shape index (κ2) is 5.57. The fraction of sp³-hybridized carbons (Fsp3) is 0.588. The van der Waals surface area contributed by atoms with Gasteiger partial charge in [-0.05, 0) is 43.9 Å². The third kappa shape index (κ3) is 2.35. The molecule has 1 aliphatic carbocycles. The first kappa shape index (κ1) is 13.6. The van der Waals surface area contributed by atoms with Crippen molar-refractivity contribution in [3.8, 4) is 0 Å². The number of aromatic nitrogens is 1. The fourth-order valence-electron chi connectivity index (χ4n) is 3.83. The van der Waals surface area contributed by atoms with Crippen molar-refractivity contribution in [2.45, 2.75) is 51.5 Å². The smallest absolute Gasteiger partial charge is 0.197 e. The van der Waals surface area contributed by atoms with E-state index in [1.54, 1.807) is 0 Å². The van der Waals surface area contributed by atoms with E-state index in [-0.39, 0.29) is 0 Å². The Kier molecular flexibility index (Phi) is 3.79. The van der Waals surface area contributed by atoms with Crippen LogP contribution >= 0.6 is 0 Å². The molecule has 1 N–H and O–H groups in total. The largest absolute Gasteiger partial charge is 0.441 e. The van der Waals surface area contributed by atoms with Crippen molar-refractivity contribution < 1.29 is 4.42 Å². The Bertz CT molecular complexity index is 536. The lowest BCUT2D eigenvalue weighted by atomic mass is 9.75. The van der Waals surface area contributed by atoms with Crippen LogP contribution < -0.4 is 5.32 Å². The molecule has 1 atom stereocenters. The molecule has 108 valence electrons. The van der Waals surface area contributed by atoms with E-state index in [0.717, 1.165) is 23.4 Å². The van der Waals surface area contributed by atoms with Crippen molar-refractivity contribution in [1.29, 1.82) is 0 Å². The highest BCUT2D eigenvalue weighted by Crippen LogP contribution is 2.44. The van der Waals surface area contributed by atoms with Gasteiger partial charge in [-0.1, -0.05) is 31.9 Å². The molecule has 2 aromatic rings. The standard InChI is InChI=1S/C17H24N2O/c1-3-17(10-6-7-11-17)15(18-2)12-16-19-13-8-4-5-9-14(13)20-16/h4-5,8-9,15,18H,3,6-7,10-12H2,1-2H3. The lowest BCUT2D eigenvalue weighted by molar-refractivity contribution is 0.185. The molecule has 0 saturated heterocycles. The molecule has 1 fully saturated rings. The summed E-state index contributed by atoms with van der Waals surface area (Å²) in [5.74, 6) is 0.866. The lowest BCUT2D eigenvalue weighted by Crippen LogP contribution is -2.43. The fourth-order valence-corrected chi connectivity index (χ4v) is 3.83. The van der Waals surface area contributed by atoms with Crippen molar-refractivity contribution in [3.63, 3.8) is 0 Å². The molecule has 1 aromatic heterocycles. The van der Waals surface area contributed by atoms with Crippen LogP contribution in [0.1, 0.15) is 44.9 Å². The third-order valence-electron chi connectivity index (χ3n) is 5.11. The van der Waals surface area contributed by atoms with Gasteiger partial charge in [0.2, 0.25) is 0 Å². The van der Waals surface area contributed by atoms with E-state index in [1.807, 2.05) is 24.3 Å². The minimum absolute atomic E-state index is 0.426. The molecule has 3 heteroatoms. The molecule has 0 aliphatic heterocycles. The van der Waals surface area contributed by atoms with E-state index in [4.69, 9.17) is 4.42 Å². The van der Waals surface area contributed by atoms with Crippen molar-refractivity contribution in [2.75, 3.05) is 7.05 Å². The minimum Gasteiger partial charge on any atom is -0.441 e. The maximum Gasteiger partial charge on any atom is 0.197 e. The van der Waals surface area contributed by atoms with Gasteiger partial charge in [-0.15, -0.1) is 0 Å². The molecule has 0 spiro atoms. The Morgan fingerprint density at radius 1 is 1.30 bits per heavy atom. The van der Waals surface area contributed by atoms with Gasteiger partial charge in [0.25, 0.3) is 0 Å². The van der Waals surface area contributed by atoms with Gasteiger partial charge in [0.15, 0.2) is 11.5 Å². The van der Waals surface area contributed by atoms with Gasteiger partial charge in [-0.3, -0.25) is 0 Å². The van der Waals surface area contributed by atoms with Crippen molar-refractivity contribution in [1.82, 2.24) is 10.3 Å². The maximum atomic E-state index is 5.90. The summed E-state index contributed by atoms with van der Waals surface area (Å²) < 4.78 is 5.90. The van der Waals surface area contributed by atoms with Crippen LogP contribution in [0.3, 0.4) is 0 Å². The monoisotopic (exact) mass is 272 g/mol. The van der Waals surface area contributed by atoms with Crippen LogP contribution in [-0.2, 0) is 6.42 Å². The molecule has 20 heavy (non-hydrogen) atoms. The maximum absolute atomic E-state index is 5.90. The summed E-state index contributed by atoms with van der Waals surface area (Å²) in [6, 6.07) is 8.47. The van der Waals surface area contributed by atoms with E-state index in [0.29, 0.717) is 11.5 Å². The second-order valence-corrected chi connectivity index (χ2v) is 6.04. The average Bonchev–Trinajstić information content (AvgIpc) is 3.11. The van der Waals surface area contributed by atoms with Crippen LogP contribution in [0, 0.1) is 5.41 Å². The van der Waals surface area contributed by atoms with Crippen LogP contribution in [0.15, 0.2) is 28.7 Å². The van der Waals surface area contributed by atoms with E-state index < -0.39 is 0 Å². The molecular weight excluding hydrogens is 248 g/mol. The summed E-state index contributed by atoms with van der Waals surface area (Å²) in [7, 11) is 2.07. The van der Waals surface area contributed by atoms with Gasteiger partial charge in [-0.2, -0.15) is 0 Å². The number of benzene rings is 1. The van der Waals surface area contributed by atoms with E-state index >= 15 is 0 Å². The van der Waals surface area contributed by atoms with E-state index in [1.165, 1.54) is 32.1 Å². The number of hydrogen-bond donors (Lipinski definition) is 1. The number of nitrogens with one attached hydrogen (secondary N) is 1. The summed E-state index contributed by atoms with van der Waals surface area (Å²) in [5, 5.41) is 3.53. The lowest BCUT2D eigenvalue weighted by Gasteiger charge is -2.36. The number of hydrogen-bond acceptors (Lipinski definition) is 3. The third-order valence-corrected chi connectivity index (χ3v) is 5.11. The van der Waals surface area contributed by atoms with Gasteiger partial charge >= 0.3 is 0 Å². The van der Waals surface area contributed by atoms with Crippen molar-refractivity contribution in [3.05, 3.63) is 30.2 Å². The molecule has 0 amide bonds. The minimum atomic E-state index is 0.426. The van der Waals surface area contributed by atoms with Crippen LogP contribution in [0.5, 0.6) is 0 Å². The molecule has 1 heterocycles. The first-order valence-electron chi connectivity index (χ1n) is 7.79. The van der Waals surface area contributed by atoms with E-state index in [2.05, 4.69) is 24.3 Å². The molecule has 0 radical (unpaired) electrons. The number of fused-ring (bicyclic) bond motifs is 1. The van der Waals surface area contributed by atoms with E-state index in [9.17, 15) is 0 Å². The van der Waals surface area contributed by atoms with Crippen LogP contribution in [0.4, 0.5) is 0 Å². The Balaban J connectivity index is 1.83. The number of likely N-dealkylation sites (N-methyl/N-ethyl adjacent to an activating group) is 1. The zero-order valence-corrected chi connectivity index (χ0v) is 12.5. The Hall–Kier alpha value is -1.35. The molecule has 1 aliphatic rings. The molecular formula is C17H24N2O. The predicted molar refractivity (Wildman–Crippen MR) is 81.8 cm³/mol. The normalized spacial score (nSPS) is 19.5. The summed E-state index contributed by atoms with van der Waals surface area (Å²) in [6.45, 7) is 2.32. The van der Waals surface area contributed by atoms with Crippen molar-refractivity contribution >= 4 is 11.1 Å². The molecule has 1 saturated carbocycles. The summed E-state index contributed by atoms with van der Waals surface area (Å²) in [5.41, 5.74) is 2.29. The van der Waals surface area contributed by atoms with Gasteiger partial charge in [0.1, 0.15) is 5.52 Å². The average molecular weight is 272 g/mol. The molecule has 3 nitrogen and oxygen atoms in total. The van der Waals surface area contributed by atoms with Crippen molar-refractivity contribution in [2.24, 2.45) is 5.41 Å². The Labute approximate surface area is 120 Å². The molecule has 3 rings (SSSR count).